The molecule has 1 aliphatic heterocycles. The van der Waals surface area contributed by atoms with Crippen molar-refractivity contribution < 1.29 is 23.9 Å². The van der Waals surface area contributed by atoms with Gasteiger partial charge in [-0.25, -0.2) is 4.79 Å². The normalized spacial score (nSPS) is 28.9. The van der Waals surface area contributed by atoms with Gasteiger partial charge in [-0.05, 0) is 76.2 Å². The first-order valence-electron chi connectivity index (χ1n) is 14.2. The number of hydrogen-bond donors (Lipinski definition) is 1. The number of carbonyl (C=O) groups excluding carboxylic acids is 4. The molecule has 1 saturated carbocycles. The predicted molar refractivity (Wildman–Crippen MR) is 161 cm³/mol. The van der Waals surface area contributed by atoms with Crippen molar-refractivity contribution in [3.63, 3.8) is 0 Å². The van der Waals surface area contributed by atoms with Gasteiger partial charge < -0.3 is 10.1 Å². The second-order valence-corrected chi connectivity index (χ2v) is 13.8. The van der Waals surface area contributed by atoms with Gasteiger partial charge in [0.2, 0.25) is 11.8 Å². The number of carbonyl (C=O) groups is 4. The Labute approximate surface area is 249 Å². The fourth-order valence-electron chi connectivity index (χ4n) is 7.15. The first kappa shape index (κ1) is 29.2. The first-order chi connectivity index (χ1) is 19.3. The van der Waals surface area contributed by atoms with Gasteiger partial charge in [0.05, 0.1) is 16.7 Å². The van der Waals surface area contributed by atoms with Crippen molar-refractivity contribution in [1.29, 1.82) is 0 Å². The van der Waals surface area contributed by atoms with E-state index in [2.05, 4.69) is 21.2 Å². The second kappa shape index (κ2) is 10.2. The molecule has 3 amide bonds. The number of ether oxygens (including phenoxy) is 1. The fourth-order valence-corrected chi connectivity index (χ4v) is 8.39. The molecule has 1 heterocycles. The quantitative estimate of drug-likeness (QED) is 0.221. The van der Waals surface area contributed by atoms with Gasteiger partial charge in [-0.2, -0.15) is 0 Å². The number of alkyl carbamates (subject to hydrolysis) is 1. The molecule has 7 nitrogen and oxygen atoms in total. The largest absolute Gasteiger partial charge is 0.444 e. The molecule has 4 atom stereocenters. The predicted octanol–water partition coefficient (Wildman–Crippen LogP) is 6.02. The summed E-state index contributed by atoms with van der Waals surface area (Å²) in [6.07, 6.45) is 1.52. The number of Topliss-reactive ketones (excluding diaryl/α,β-unsaturated/α-hetero) is 1. The number of halogens is 1. The molecule has 2 aliphatic carbocycles. The zero-order valence-corrected chi connectivity index (χ0v) is 25.8. The third-order valence-electron chi connectivity index (χ3n) is 8.82. The first-order valence-corrected chi connectivity index (χ1v) is 15.0. The van der Waals surface area contributed by atoms with E-state index in [0.29, 0.717) is 25.8 Å². The summed E-state index contributed by atoms with van der Waals surface area (Å²) in [5.74, 6) is -1.60. The lowest BCUT2D eigenvalue weighted by atomic mass is 9.63. The SMILES string of the molecule is CC(C)(C)OC(=O)NCCCCCN1C(=O)C2C3(C)C(=O)C(C)(C(c4ccccc4)=C3c3ccccc3)C2(Br)C1=O. The number of ketones is 1. The van der Waals surface area contributed by atoms with E-state index < -0.39 is 32.8 Å². The molecule has 2 bridgehead atoms. The van der Waals surface area contributed by atoms with Crippen molar-refractivity contribution in [2.24, 2.45) is 16.7 Å². The molecular weight excluding hydrogens is 584 g/mol. The van der Waals surface area contributed by atoms with Gasteiger partial charge in [0.15, 0.2) is 5.78 Å². The highest BCUT2D eigenvalue weighted by molar-refractivity contribution is 9.10. The van der Waals surface area contributed by atoms with Crippen molar-refractivity contribution in [2.45, 2.75) is 63.8 Å². The second-order valence-electron chi connectivity index (χ2n) is 12.6. The van der Waals surface area contributed by atoms with Crippen LogP contribution in [0.15, 0.2) is 60.7 Å². The number of allylic oxidation sites excluding steroid dienone is 2. The number of rotatable bonds is 8. The summed E-state index contributed by atoms with van der Waals surface area (Å²) in [5, 5.41) is 2.74. The molecule has 41 heavy (non-hydrogen) atoms. The number of fused-ring (bicyclic) bond motifs is 5. The van der Waals surface area contributed by atoms with Crippen LogP contribution in [0.1, 0.15) is 65.0 Å². The van der Waals surface area contributed by atoms with Crippen LogP contribution in [0, 0.1) is 16.7 Å². The average molecular weight is 622 g/mol. The molecule has 0 radical (unpaired) electrons. The van der Waals surface area contributed by atoms with Crippen LogP contribution < -0.4 is 5.32 Å². The van der Waals surface area contributed by atoms with E-state index in [9.17, 15) is 19.2 Å². The monoisotopic (exact) mass is 620 g/mol. The highest BCUT2D eigenvalue weighted by atomic mass is 79.9. The van der Waals surface area contributed by atoms with Gasteiger partial charge in [0.25, 0.3) is 0 Å². The average Bonchev–Trinajstić information content (AvgIpc) is 3.30. The summed E-state index contributed by atoms with van der Waals surface area (Å²) in [4.78, 5) is 55.9. The third-order valence-corrected chi connectivity index (χ3v) is 10.4. The number of imide groups is 1. The molecule has 8 heteroatoms. The van der Waals surface area contributed by atoms with Crippen molar-refractivity contribution in [1.82, 2.24) is 10.2 Å². The fraction of sp³-hybridized carbons (Fsp3) is 0.455. The van der Waals surface area contributed by atoms with Crippen LogP contribution in [0.3, 0.4) is 0 Å². The highest BCUT2D eigenvalue weighted by Gasteiger charge is 2.85. The number of benzene rings is 2. The Bertz CT molecular complexity index is 1430. The molecule has 1 saturated heterocycles. The summed E-state index contributed by atoms with van der Waals surface area (Å²) in [6.45, 7) is 9.81. The van der Waals surface area contributed by atoms with E-state index in [4.69, 9.17) is 4.74 Å². The van der Waals surface area contributed by atoms with E-state index in [1.54, 1.807) is 0 Å². The molecule has 0 spiro atoms. The molecule has 4 unspecified atom stereocenters. The Balaban J connectivity index is 1.41. The lowest BCUT2D eigenvalue weighted by molar-refractivity contribution is -0.144. The Kier molecular flexibility index (Phi) is 7.29. The standard InChI is InChI=1S/C33H37BrN2O5/c1-30(2,3)41-29(40)35-19-13-8-14-20-36-26(37)25-31(4)23(21-15-9-6-10-16-21)24(22-17-11-7-12-18-22)32(5,27(31)38)33(25,34)28(36)39/h6-7,9-12,15-18,25H,8,13-14,19-20H2,1-5H3,(H,35,40). The third kappa shape index (κ3) is 4.28. The topological polar surface area (TPSA) is 92.8 Å². The molecule has 2 fully saturated rings. The number of hydrogen-bond acceptors (Lipinski definition) is 5. The lowest BCUT2D eigenvalue weighted by Gasteiger charge is -2.41. The van der Waals surface area contributed by atoms with E-state index in [1.807, 2.05) is 95.3 Å². The smallest absolute Gasteiger partial charge is 0.407 e. The summed E-state index contributed by atoms with van der Waals surface area (Å²) in [7, 11) is 0. The molecule has 3 aliphatic rings. The maximum atomic E-state index is 14.4. The van der Waals surface area contributed by atoms with Crippen molar-refractivity contribution in [3.05, 3.63) is 71.8 Å². The Hall–Kier alpha value is -3.26. The summed E-state index contributed by atoms with van der Waals surface area (Å²) >= 11 is 3.79. The van der Waals surface area contributed by atoms with E-state index in [1.165, 1.54) is 4.90 Å². The zero-order valence-electron chi connectivity index (χ0n) is 24.3. The molecule has 2 aromatic rings. The maximum Gasteiger partial charge on any atom is 0.407 e. The van der Waals surface area contributed by atoms with Gasteiger partial charge in [0.1, 0.15) is 9.93 Å². The number of amides is 3. The van der Waals surface area contributed by atoms with E-state index >= 15 is 0 Å². The van der Waals surface area contributed by atoms with Crippen LogP contribution >= 0.6 is 15.9 Å². The number of nitrogens with zero attached hydrogens (tertiary/aromatic N) is 1. The summed E-state index contributed by atoms with van der Waals surface area (Å²) < 4.78 is 3.89. The minimum absolute atomic E-state index is 0.0980. The Morgan fingerprint density at radius 2 is 1.46 bits per heavy atom. The molecule has 5 rings (SSSR count). The summed E-state index contributed by atoms with van der Waals surface area (Å²) in [5.41, 5.74) is 0.417. The lowest BCUT2D eigenvalue weighted by Crippen LogP contribution is -2.50. The number of alkyl halides is 1. The van der Waals surface area contributed by atoms with Gasteiger partial charge in [0, 0.05) is 13.1 Å². The molecule has 1 N–H and O–H groups in total. The van der Waals surface area contributed by atoms with Crippen LogP contribution in [0.4, 0.5) is 4.79 Å². The van der Waals surface area contributed by atoms with Crippen molar-refractivity contribution >= 4 is 50.8 Å². The minimum Gasteiger partial charge on any atom is -0.444 e. The zero-order chi connectivity index (χ0) is 29.8. The van der Waals surface area contributed by atoms with E-state index in [-0.39, 0.29) is 24.1 Å². The Morgan fingerprint density at radius 3 is 2.02 bits per heavy atom. The summed E-state index contributed by atoms with van der Waals surface area (Å²) in [6, 6.07) is 19.5. The van der Waals surface area contributed by atoms with Crippen LogP contribution in [-0.4, -0.2) is 51.6 Å². The molecule has 0 aromatic heterocycles. The molecule has 2 aromatic carbocycles. The minimum atomic E-state index is -1.37. The van der Waals surface area contributed by atoms with Crippen molar-refractivity contribution in [2.75, 3.05) is 13.1 Å². The van der Waals surface area contributed by atoms with Crippen LogP contribution in [-0.2, 0) is 19.1 Å². The Morgan fingerprint density at radius 1 is 0.902 bits per heavy atom. The molecule has 216 valence electrons. The number of nitrogens with one attached hydrogen (secondary N) is 1. The van der Waals surface area contributed by atoms with Crippen molar-refractivity contribution in [3.8, 4) is 0 Å². The van der Waals surface area contributed by atoms with Crippen LogP contribution in [0.2, 0.25) is 0 Å². The van der Waals surface area contributed by atoms with Gasteiger partial charge in [-0.15, -0.1) is 0 Å². The highest BCUT2D eigenvalue weighted by Crippen LogP contribution is 2.77. The van der Waals surface area contributed by atoms with E-state index in [0.717, 1.165) is 22.3 Å². The number of likely N-dealkylation sites (tertiary alicyclic amines) is 1. The van der Waals surface area contributed by atoms with Gasteiger partial charge in [-0.3, -0.25) is 19.3 Å². The molecular formula is C33H37BrN2O5. The maximum absolute atomic E-state index is 14.4. The number of unbranched alkanes of at least 4 members (excludes halogenated alkanes) is 2. The van der Waals surface area contributed by atoms with Crippen LogP contribution in [0.5, 0.6) is 0 Å². The van der Waals surface area contributed by atoms with Gasteiger partial charge in [-0.1, -0.05) is 76.6 Å². The van der Waals surface area contributed by atoms with Crippen LogP contribution in [0.25, 0.3) is 11.1 Å². The van der Waals surface area contributed by atoms with Gasteiger partial charge >= 0.3 is 6.09 Å².